The third kappa shape index (κ3) is 3.94. The average molecular weight is 399 g/mol. The molecule has 1 aliphatic rings. The fourth-order valence-corrected chi connectivity index (χ4v) is 4.62. The first-order valence-electron chi connectivity index (χ1n) is 9.06. The lowest BCUT2D eigenvalue weighted by molar-refractivity contribution is -0.115. The monoisotopic (exact) mass is 398 g/mol. The van der Waals surface area contributed by atoms with Gasteiger partial charge in [0.2, 0.25) is 5.91 Å². The van der Waals surface area contributed by atoms with Crippen molar-refractivity contribution in [1.82, 2.24) is 14.8 Å². The van der Waals surface area contributed by atoms with Gasteiger partial charge in [-0.05, 0) is 56.7 Å². The van der Waals surface area contributed by atoms with Gasteiger partial charge in [-0.15, -0.1) is 21.5 Å². The van der Waals surface area contributed by atoms with Gasteiger partial charge in [0, 0.05) is 11.7 Å². The van der Waals surface area contributed by atoms with Gasteiger partial charge in [-0.3, -0.25) is 9.36 Å². The summed E-state index contributed by atoms with van der Waals surface area (Å²) in [6.45, 7) is 5.98. The topological polar surface area (TPSA) is 59.8 Å². The summed E-state index contributed by atoms with van der Waals surface area (Å²) in [5, 5.41) is 14.5. The highest BCUT2D eigenvalue weighted by atomic mass is 32.2. The van der Waals surface area contributed by atoms with Crippen LogP contribution < -0.4 is 5.32 Å². The molecule has 2 heterocycles. The summed E-state index contributed by atoms with van der Waals surface area (Å²) >= 11 is 3.14. The van der Waals surface area contributed by atoms with Crippen LogP contribution >= 0.6 is 23.1 Å². The molecule has 0 radical (unpaired) electrons. The molecule has 0 saturated heterocycles. The fraction of sp³-hybridized carbons (Fsp3) is 0.350. The molecule has 2 aromatic heterocycles. The molecule has 5 nitrogen and oxygen atoms in total. The number of anilines is 1. The molecule has 1 atom stereocenters. The number of amides is 1. The molecule has 27 heavy (non-hydrogen) atoms. The van der Waals surface area contributed by atoms with Crippen LogP contribution in [0.5, 0.6) is 0 Å². The van der Waals surface area contributed by atoms with Gasteiger partial charge < -0.3 is 5.32 Å². The van der Waals surface area contributed by atoms with Crippen LogP contribution in [0.2, 0.25) is 0 Å². The number of nitrogens with one attached hydrogen (secondary N) is 1. The molecular formula is C20H22N4OS2. The van der Waals surface area contributed by atoms with Crippen molar-refractivity contribution >= 4 is 34.7 Å². The number of aryl methyl sites for hydroxylation is 2. The maximum Gasteiger partial charge on any atom is 0.237 e. The van der Waals surface area contributed by atoms with E-state index in [1.165, 1.54) is 17.3 Å². The third-order valence-electron chi connectivity index (χ3n) is 4.61. The Hall–Kier alpha value is -2.12. The Morgan fingerprint density at radius 2 is 2.11 bits per heavy atom. The summed E-state index contributed by atoms with van der Waals surface area (Å²) in [4.78, 5) is 13.8. The normalized spacial score (nSPS) is 14.9. The Labute approximate surface area is 167 Å². The Morgan fingerprint density at radius 1 is 1.30 bits per heavy atom. The Bertz CT molecular complexity index is 961. The van der Waals surface area contributed by atoms with Crippen LogP contribution in [0, 0.1) is 13.8 Å². The van der Waals surface area contributed by atoms with Crippen LogP contribution in [0.15, 0.2) is 40.9 Å². The predicted octanol–water partition coefficient (Wildman–Crippen LogP) is 5.08. The summed E-state index contributed by atoms with van der Waals surface area (Å²) in [5.74, 6) is 0.895. The number of carbonyl (C=O) groups is 1. The molecule has 0 aliphatic heterocycles. The van der Waals surface area contributed by atoms with Crippen LogP contribution in [-0.2, 0) is 4.79 Å². The van der Waals surface area contributed by atoms with Crippen molar-refractivity contribution in [2.75, 3.05) is 5.32 Å². The first kappa shape index (κ1) is 18.3. The molecule has 4 rings (SSSR count). The van der Waals surface area contributed by atoms with E-state index >= 15 is 0 Å². The molecule has 1 fully saturated rings. The van der Waals surface area contributed by atoms with Crippen molar-refractivity contribution in [2.24, 2.45) is 0 Å². The van der Waals surface area contributed by atoms with E-state index in [4.69, 9.17) is 0 Å². The molecular weight excluding hydrogens is 376 g/mol. The molecule has 1 amide bonds. The van der Waals surface area contributed by atoms with E-state index in [9.17, 15) is 4.79 Å². The molecule has 140 valence electrons. The number of benzene rings is 1. The van der Waals surface area contributed by atoms with Crippen molar-refractivity contribution in [3.8, 4) is 10.7 Å². The summed E-state index contributed by atoms with van der Waals surface area (Å²) in [6.07, 6.45) is 2.29. The zero-order valence-electron chi connectivity index (χ0n) is 15.6. The number of thiophene rings is 1. The van der Waals surface area contributed by atoms with Gasteiger partial charge in [0.05, 0.1) is 10.1 Å². The molecule has 1 saturated carbocycles. The largest absolute Gasteiger partial charge is 0.325 e. The van der Waals surface area contributed by atoms with Crippen LogP contribution in [0.4, 0.5) is 5.69 Å². The molecule has 1 aliphatic carbocycles. The van der Waals surface area contributed by atoms with Crippen molar-refractivity contribution in [1.29, 1.82) is 0 Å². The van der Waals surface area contributed by atoms with E-state index in [0.29, 0.717) is 6.04 Å². The van der Waals surface area contributed by atoms with Crippen LogP contribution in [0.25, 0.3) is 10.7 Å². The second-order valence-electron chi connectivity index (χ2n) is 6.95. The lowest BCUT2D eigenvalue weighted by atomic mass is 10.1. The van der Waals surface area contributed by atoms with Gasteiger partial charge in [-0.2, -0.15) is 0 Å². The van der Waals surface area contributed by atoms with E-state index < -0.39 is 0 Å². The van der Waals surface area contributed by atoms with Gasteiger partial charge in [0.15, 0.2) is 11.0 Å². The smallest absolute Gasteiger partial charge is 0.237 e. The number of carbonyl (C=O) groups excluding carboxylic acids is 1. The Balaban J connectivity index is 1.51. The number of rotatable bonds is 6. The Kier molecular flexibility index (Phi) is 5.06. The first-order valence-corrected chi connectivity index (χ1v) is 10.8. The van der Waals surface area contributed by atoms with E-state index in [1.54, 1.807) is 11.3 Å². The number of aromatic nitrogens is 3. The van der Waals surface area contributed by atoms with Crippen LogP contribution in [0.3, 0.4) is 0 Å². The lowest BCUT2D eigenvalue weighted by Crippen LogP contribution is -2.23. The van der Waals surface area contributed by atoms with Crippen LogP contribution in [0.1, 0.15) is 36.9 Å². The number of hydrogen-bond acceptors (Lipinski definition) is 5. The summed E-state index contributed by atoms with van der Waals surface area (Å²) < 4.78 is 2.21. The molecule has 3 aromatic rings. The van der Waals surface area contributed by atoms with E-state index in [1.807, 2.05) is 44.4 Å². The SMILES string of the molecule is Cc1ccc(NC(=O)C(C)Sc2nnc(-c3cccs3)n2C2CC2)c(C)c1. The molecule has 1 aromatic carbocycles. The third-order valence-corrected chi connectivity index (χ3v) is 6.53. The maximum atomic E-state index is 12.7. The van der Waals surface area contributed by atoms with Gasteiger partial charge >= 0.3 is 0 Å². The van der Waals surface area contributed by atoms with Gasteiger partial charge in [0.25, 0.3) is 0 Å². The highest BCUT2D eigenvalue weighted by molar-refractivity contribution is 8.00. The van der Waals surface area contributed by atoms with Crippen molar-refractivity contribution in [3.05, 3.63) is 46.8 Å². The maximum absolute atomic E-state index is 12.7. The standard InChI is InChI=1S/C20H22N4OS2/c1-12-6-9-16(13(2)11-12)21-19(25)14(3)27-20-23-22-18(17-5-4-10-26-17)24(20)15-7-8-15/h4-6,9-11,14-15H,7-8H2,1-3H3,(H,21,25). The average Bonchev–Trinajstić information content (AvgIpc) is 3.16. The summed E-state index contributed by atoms with van der Waals surface area (Å²) in [6, 6.07) is 10.6. The minimum absolute atomic E-state index is 0.0185. The van der Waals surface area contributed by atoms with Crippen molar-refractivity contribution in [2.45, 2.75) is 50.1 Å². The predicted molar refractivity (Wildman–Crippen MR) is 111 cm³/mol. The minimum Gasteiger partial charge on any atom is -0.325 e. The molecule has 0 bridgehead atoms. The number of thioether (sulfide) groups is 1. The van der Waals surface area contributed by atoms with E-state index in [0.717, 1.165) is 40.0 Å². The highest BCUT2D eigenvalue weighted by Crippen LogP contribution is 2.42. The van der Waals surface area contributed by atoms with Gasteiger partial charge in [-0.25, -0.2) is 0 Å². The fourth-order valence-electron chi connectivity index (χ4n) is 2.99. The zero-order chi connectivity index (χ0) is 19.0. The zero-order valence-corrected chi connectivity index (χ0v) is 17.2. The van der Waals surface area contributed by atoms with Gasteiger partial charge in [0.1, 0.15) is 0 Å². The van der Waals surface area contributed by atoms with Crippen molar-refractivity contribution in [3.63, 3.8) is 0 Å². The number of hydrogen-bond donors (Lipinski definition) is 1. The van der Waals surface area contributed by atoms with Crippen LogP contribution in [-0.4, -0.2) is 25.9 Å². The van der Waals surface area contributed by atoms with E-state index in [2.05, 4.69) is 32.2 Å². The number of nitrogens with zero attached hydrogens (tertiary/aromatic N) is 3. The Morgan fingerprint density at radius 3 is 2.78 bits per heavy atom. The second kappa shape index (κ2) is 7.48. The first-order chi connectivity index (χ1) is 13.0. The molecule has 7 heteroatoms. The molecule has 1 N–H and O–H groups in total. The quantitative estimate of drug-likeness (QED) is 0.589. The van der Waals surface area contributed by atoms with E-state index in [-0.39, 0.29) is 11.2 Å². The second-order valence-corrected chi connectivity index (χ2v) is 9.21. The highest BCUT2D eigenvalue weighted by Gasteiger charge is 2.31. The minimum atomic E-state index is -0.261. The van der Waals surface area contributed by atoms with Gasteiger partial charge in [-0.1, -0.05) is 35.5 Å². The summed E-state index contributed by atoms with van der Waals surface area (Å²) in [5.41, 5.74) is 3.12. The molecule has 0 spiro atoms. The van der Waals surface area contributed by atoms with Crippen molar-refractivity contribution < 1.29 is 4.79 Å². The summed E-state index contributed by atoms with van der Waals surface area (Å²) in [7, 11) is 0. The molecule has 1 unspecified atom stereocenters. The lowest BCUT2D eigenvalue weighted by Gasteiger charge is -2.14.